The Morgan fingerprint density at radius 2 is 1.83 bits per heavy atom. The molecule has 0 saturated carbocycles. The molecule has 1 aromatic carbocycles. The largest absolute Gasteiger partial charge is 0.465 e. The SMILES string of the molecule is C=CCN(CC=C)C(=O)/C(C#N)=C\Nc1ccc(C(=O)OC)cc1. The van der Waals surface area contributed by atoms with Gasteiger partial charge in [0, 0.05) is 25.0 Å². The minimum Gasteiger partial charge on any atom is -0.465 e. The Morgan fingerprint density at radius 1 is 1.25 bits per heavy atom. The van der Waals surface area contributed by atoms with E-state index in [9.17, 15) is 14.9 Å². The van der Waals surface area contributed by atoms with E-state index in [2.05, 4.69) is 23.2 Å². The zero-order valence-corrected chi connectivity index (χ0v) is 13.5. The molecule has 1 rings (SSSR count). The lowest BCUT2D eigenvalue weighted by molar-refractivity contribution is -0.125. The van der Waals surface area contributed by atoms with Crippen molar-refractivity contribution in [3.05, 3.63) is 66.9 Å². The normalized spacial score (nSPS) is 10.2. The third-order valence-corrected chi connectivity index (χ3v) is 3.03. The molecule has 0 atom stereocenters. The Bertz CT molecular complexity index is 674. The van der Waals surface area contributed by atoms with E-state index in [4.69, 9.17) is 0 Å². The standard InChI is InChI=1S/C18H19N3O3/c1-4-10-21(11-5-2)17(22)15(12-19)13-20-16-8-6-14(7-9-16)18(23)24-3/h4-9,13,20H,1-2,10-11H2,3H3/b15-13-. The van der Waals surface area contributed by atoms with Gasteiger partial charge in [-0.1, -0.05) is 12.2 Å². The summed E-state index contributed by atoms with van der Waals surface area (Å²) in [6, 6.07) is 8.33. The van der Waals surface area contributed by atoms with E-state index in [1.165, 1.54) is 18.2 Å². The van der Waals surface area contributed by atoms with Crippen LogP contribution >= 0.6 is 0 Å². The number of amides is 1. The third kappa shape index (κ3) is 5.14. The lowest BCUT2D eigenvalue weighted by Gasteiger charge is -2.18. The Morgan fingerprint density at radius 3 is 2.29 bits per heavy atom. The molecule has 6 nitrogen and oxygen atoms in total. The lowest BCUT2D eigenvalue weighted by atomic mass is 10.2. The van der Waals surface area contributed by atoms with Crippen molar-refractivity contribution >= 4 is 17.6 Å². The van der Waals surface area contributed by atoms with Gasteiger partial charge >= 0.3 is 5.97 Å². The summed E-state index contributed by atoms with van der Waals surface area (Å²) in [5.74, 6) is -0.856. The molecule has 0 heterocycles. The molecular formula is C18H19N3O3. The second-order valence-corrected chi connectivity index (χ2v) is 4.67. The monoisotopic (exact) mass is 325 g/mol. The summed E-state index contributed by atoms with van der Waals surface area (Å²) in [6.07, 6.45) is 4.49. The number of ether oxygens (including phenoxy) is 1. The molecule has 0 aliphatic rings. The van der Waals surface area contributed by atoms with Crippen molar-refractivity contribution in [2.75, 3.05) is 25.5 Å². The van der Waals surface area contributed by atoms with Crippen LogP contribution in [0, 0.1) is 11.3 Å². The first-order valence-electron chi connectivity index (χ1n) is 7.13. The Balaban J connectivity index is 2.87. The van der Waals surface area contributed by atoms with E-state index >= 15 is 0 Å². The number of esters is 1. The molecule has 0 bridgehead atoms. The molecule has 0 spiro atoms. The molecule has 124 valence electrons. The number of nitrogens with one attached hydrogen (secondary N) is 1. The van der Waals surface area contributed by atoms with E-state index in [1.807, 2.05) is 6.07 Å². The molecule has 6 heteroatoms. The van der Waals surface area contributed by atoms with Crippen LogP contribution in [-0.2, 0) is 9.53 Å². The fourth-order valence-electron chi connectivity index (χ4n) is 1.84. The molecule has 0 unspecified atom stereocenters. The molecule has 0 aliphatic carbocycles. The lowest BCUT2D eigenvalue weighted by Crippen LogP contribution is -2.32. The molecular weight excluding hydrogens is 306 g/mol. The van der Waals surface area contributed by atoms with Crippen LogP contribution in [0.5, 0.6) is 0 Å². The molecule has 24 heavy (non-hydrogen) atoms. The molecule has 0 aromatic heterocycles. The number of anilines is 1. The van der Waals surface area contributed by atoms with Crippen molar-refractivity contribution < 1.29 is 14.3 Å². The summed E-state index contributed by atoms with van der Waals surface area (Å²) in [5.41, 5.74) is 0.990. The highest BCUT2D eigenvalue weighted by Gasteiger charge is 2.16. The average Bonchev–Trinajstić information content (AvgIpc) is 2.61. The molecule has 0 fully saturated rings. The maximum Gasteiger partial charge on any atom is 0.337 e. The van der Waals surface area contributed by atoms with Crippen LogP contribution in [0.2, 0.25) is 0 Å². The average molecular weight is 325 g/mol. The number of methoxy groups -OCH3 is 1. The van der Waals surface area contributed by atoms with Crippen molar-refractivity contribution in [2.24, 2.45) is 0 Å². The fourth-order valence-corrected chi connectivity index (χ4v) is 1.84. The van der Waals surface area contributed by atoms with Gasteiger partial charge in [0.25, 0.3) is 5.91 Å². The minimum atomic E-state index is -0.436. The van der Waals surface area contributed by atoms with Crippen LogP contribution < -0.4 is 5.32 Å². The number of hydrogen-bond donors (Lipinski definition) is 1. The Labute approximate surface area is 141 Å². The summed E-state index contributed by atoms with van der Waals surface area (Å²) < 4.78 is 4.61. The number of hydrogen-bond acceptors (Lipinski definition) is 5. The van der Waals surface area contributed by atoms with E-state index in [0.717, 1.165) is 0 Å². The van der Waals surface area contributed by atoms with Crippen molar-refractivity contribution in [2.45, 2.75) is 0 Å². The maximum atomic E-state index is 12.3. The van der Waals surface area contributed by atoms with Crippen molar-refractivity contribution in [1.82, 2.24) is 4.90 Å². The first-order chi connectivity index (χ1) is 11.6. The summed E-state index contributed by atoms with van der Waals surface area (Å²) in [7, 11) is 1.31. The van der Waals surface area contributed by atoms with Crippen molar-refractivity contribution in [1.29, 1.82) is 5.26 Å². The molecule has 1 aromatic rings. The van der Waals surface area contributed by atoms with Crippen molar-refractivity contribution in [3.63, 3.8) is 0 Å². The van der Waals surface area contributed by atoms with Crippen LogP contribution in [0.25, 0.3) is 0 Å². The van der Waals surface area contributed by atoms with Gasteiger partial charge in [0.1, 0.15) is 11.6 Å². The van der Waals surface area contributed by atoms with Gasteiger partial charge in [-0.2, -0.15) is 5.26 Å². The minimum absolute atomic E-state index is 0.0456. The highest BCUT2D eigenvalue weighted by molar-refractivity contribution is 5.97. The molecule has 0 aliphatic heterocycles. The number of nitrogens with zero attached hydrogens (tertiary/aromatic N) is 2. The molecule has 0 radical (unpaired) electrons. The summed E-state index contributed by atoms with van der Waals surface area (Å²) in [6.45, 7) is 7.81. The van der Waals surface area contributed by atoms with E-state index < -0.39 is 11.9 Å². The first-order valence-corrected chi connectivity index (χ1v) is 7.13. The van der Waals surface area contributed by atoms with Gasteiger partial charge in [0.05, 0.1) is 12.7 Å². The molecule has 0 saturated heterocycles. The van der Waals surface area contributed by atoms with Gasteiger partial charge in [-0.25, -0.2) is 4.79 Å². The first kappa shape index (κ1) is 18.7. The van der Waals surface area contributed by atoms with Gasteiger partial charge in [-0.05, 0) is 24.3 Å². The van der Waals surface area contributed by atoms with Crippen LogP contribution in [0.15, 0.2) is 61.3 Å². The second-order valence-electron chi connectivity index (χ2n) is 4.67. The van der Waals surface area contributed by atoms with Gasteiger partial charge in [-0.3, -0.25) is 4.79 Å². The third-order valence-electron chi connectivity index (χ3n) is 3.03. The summed E-state index contributed by atoms with van der Waals surface area (Å²) in [4.78, 5) is 25.1. The number of benzene rings is 1. The van der Waals surface area contributed by atoms with Crippen LogP contribution in [0.1, 0.15) is 10.4 Å². The number of rotatable bonds is 8. The second kappa shape index (κ2) is 9.64. The smallest absolute Gasteiger partial charge is 0.337 e. The quantitative estimate of drug-likeness (QED) is 0.344. The summed E-state index contributed by atoms with van der Waals surface area (Å²) >= 11 is 0. The van der Waals surface area contributed by atoms with E-state index in [1.54, 1.807) is 36.4 Å². The Hall–Kier alpha value is -3.33. The maximum absolute atomic E-state index is 12.3. The van der Waals surface area contributed by atoms with Gasteiger partial charge < -0.3 is 15.0 Å². The Kier molecular flexibility index (Phi) is 7.52. The topological polar surface area (TPSA) is 82.4 Å². The summed E-state index contributed by atoms with van der Waals surface area (Å²) in [5, 5.41) is 12.1. The zero-order chi connectivity index (χ0) is 17.9. The van der Waals surface area contributed by atoms with Crippen LogP contribution in [0.4, 0.5) is 5.69 Å². The van der Waals surface area contributed by atoms with Gasteiger partial charge in [0.15, 0.2) is 0 Å². The fraction of sp³-hybridized carbons (Fsp3) is 0.167. The van der Waals surface area contributed by atoms with Crippen LogP contribution in [-0.4, -0.2) is 37.0 Å². The number of carbonyl (C=O) groups is 2. The van der Waals surface area contributed by atoms with Crippen LogP contribution in [0.3, 0.4) is 0 Å². The van der Waals surface area contributed by atoms with Crippen molar-refractivity contribution in [3.8, 4) is 6.07 Å². The highest BCUT2D eigenvalue weighted by Crippen LogP contribution is 2.11. The van der Waals surface area contributed by atoms with Gasteiger partial charge in [-0.15, -0.1) is 13.2 Å². The predicted molar refractivity (Wildman–Crippen MR) is 92.1 cm³/mol. The van der Waals surface area contributed by atoms with Gasteiger partial charge in [0.2, 0.25) is 0 Å². The molecule has 1 N–H and O–H groups in total. The molecule has 1 amide bonds. The van der Waals surface area contributed by atoms with E-state index in [0.29, 0.717) is 24.3 Å². The zero-order valence-electron chi connectivity index (χ0n) is 13.5. The predicted octanol–water partition coefficient (Wildman–Crippen LogP) is 2.49. The number of carbonyl (C=O) groups excluding carboxylic acids is 2. The highest BCUT2D eigenvalue weighted by atomic mass is 16.5. The van der Waals surface area contributed by atoms with E-state index in [-0.39, 0.29) is 5.57 Å². The number of nitriles is 1.